The fourth-order valence-corrected chi connectivity index (χ4v) is 2.17. The lowest BCUT2D eigenvalue weighted by Gasteiger charge is -2.09. The van der Waals surface area contributed by atoms with Crippen LogP contribution in [0.15, 0.2) is 36.4 Å². The number of ketones is 1. The van der Waals surface area contributed by atoms with Gasteiger partial charge in [-0.25, -0.2) is 4.79 Å². The summed E-state index contributed by atoms with van der Waals surface area (Å²) in [5.74, 6) is -2.14. The monoisotopic (exact) mass is 270 g/mol. The van der Waals surface area contributed by atoms with Crippen LogP contribution in [-0.4, -0.2) is 22.0 Å². The number of aryl methyl sites for hydroxylation is 2. The minimum absolute atomic E-state index is 0.00977. The summed E-state index contributed by atoms with van der Waals surface area (Å²) in [7, 11) is 0. The number of rotatable bonds is 3. The molecular weight excluding hydrogens is 256 g/mol. The fourth-order valence-electron chi connectivity index (χ4n) is 2.17. The van der Waals surface area contributed by atoms with Gasteiger partial charge in [0.25, 0.3) is 0 Å². The summed E-state index contributed by atoms with van der Waals surface area (Å²) in [6, 6.07) is 9.44. The third-order valence-electron chi connectivity index (χ3n) is 3.13. The third-order valence-corrected chi connectivity index (χ3v) is 3.13. The van der Waals surface area contributed by atoms with Crippen molar-refractivity contribution >= 4 is 11.8 Å². The number of hydrogen-bond donors (Lipinski definition) is 2. The molecule has 0 aliphatic rings. The number of phenols is 1. The van der Waals surface area contributed by atoms with E-state index in [4.69, 9.17) is 5.11 Å². The van der Waals surface area contributed by atoms with Gasteiger partial charge in [-0.2, -0.15) is 0 Å². The quantitative estimate of drug-likeness (QED) is 0.841. The van der Waals surface area contributed by atoms with E-state index in [1.165, 1.54) is 18.2 Å². The minimum Gasteiger partial charge on any atom is -0.507 e. The van der Waals surface area contributed by atoms with Crippen molar-refractivity contribution < 1.29 is 19.8 Å². The van der Waals surface area contributed by atoms with E-state index in [9.17, 15) is 14.7 Å². The van der Waals surface area contributed by atoms with E-state index in [2.05, 4.69) is 0 Å². The van der Waals surface area contributed by atoms with Gasteiger partial charge in [-0.3, -0.25) is 4.79 Å². The summed E-state index contributed by atoms with van der Waals surface area (Å²) in [5.41, 5.74) is 1.86. The van der Waals surface area contributed by atoms with Crippen molar-refractivity contribution in [1.82, 2.24) is 0 Å². The van der Waals surface area contributed by atoms with E-state index >= 15 is 0 Å². The Balaban J connectivity index is 2.60. The predicted octanol–water partition coefficient (Wildman–Crippen LogP) is 2.94. The van der Waals surface area contributed by atoms with E-state index in [0.717, 1.165) is 11.1 Å². The number of carbonyl (C=O) groups is 2. The zero-order valence-corrected chi connectivity index (χ0v) is 11.2. The van der Waals surface area contributed by atoms with Gasteiger partial charge in [0.05, 0.1) is 0 Å². The maximum atomic E-state index is 12.5. The summed E-state index contributed by atoms with van der Waals surface area (Å²) in [6.45, 7) is 3.71. The van der Waals surface area contributed by atoms with E-state index in [-0.39, 0.29) is 11.1 Å². The van der Waals surface area contributed by atoms with Gasteiger partial charge in [-0.1, -0.05) is 29.8 Å². The average molecular weight is 270 g/mol. The molecule has 0 aliphatic carbocycles. The molecule has 20 heavy (non-hydrogen) atoms. The number of aromatic hydroxyl groups is 1. The van der Waals surface area contributed by atoms with Crippen LogP contribution in [-0.2, 0) is 0 Å². The van der Waals surface area contributed by atoms with Crippen LogP contribution in [0.5, 0.6) is 5.75 Å². The Bertz CT molecular complexity index is 702. The number of aromatic carboxylic acids is 1. The van der Waals surface area contributed by atoms with Crippen LogP contribution in [0.2, 0.25) is 0 Å². The van der Waals surface area contributed by atoms with Gasteiger partial charge in [0, 0.05) is 11.1 Å². The molecule has 0 aromatic heterocycles. The maximum Gasteiger partial charge on any atom is 0.340 e. The van der Waals surface area contributed by atoms with Crippen molar-refractivity contribution in [2.24, 2.45) is 0 Å². The van der Waals surface area contributed by atoms with Gasteiger partial charge in [-0.15, -0.1) is 0 Å². The molecule has 0 atom stereocenters. The molecule has 0 unspecified atom stereocenters. The van der Waals surface area contributed by atoms with Gasteiger partial charge in [0.2, 0.25) is 0 Å². The first-order chi connectivity index (χ1) is 9.41. The second-order valence-corrected chi connectivity index (χ2v) is 4.65. The molecule has 2 aromatic carbocycles. The minimum atomic E-state index is -1.32. The molecule has 0 bridgehead atoms. The predicted molar refractivity (Wildman–Crippen MR) is 74.4 cm³/mol. The molecule has 0 amide bonds. The standard InChI is InChI=1S/C16H14O4/c1-9-6-7-11(10(2)8-9)15(18)12-4-3-5-13(17)14(12)16(19)20/h3-8,17H,1-2H3,(H,19,20). The molecule has 0 spiro atoms. The molecular formula is C16H14O4. The summed E-state index contributed by atoms with van der Waals surface area (Å²) >= 11 is 0. The molecule has 0 saturated carbocycles. The molecule has 0 aliphatic heterocycles. The number of carboxylic acid groups (broad SMARTS) is 1. The SMILES string of the molecule is Cc1ccc(C(=O)c2cccc(O)c2C(=O)O)c(C)c1. The largest absolute Gasteiger partial charge is 0.507 e. The highest BCUT2D eigenvalue weighted by atomic mass is 16.4. The molecule has 2 aromatic rings. The van der Waals surface area contributed by atoms with Crippen molar-refractivity contribution in [3.8, 4) is 5.75 Å². The Morgan fingerprint density at radius 3 is 2.30 bits per heavy atom. The highest BCUT2D eigenvalue weighted by Gasteiger charge is 2.22. The lowest BCUT2D eigenvalue weighted by Crippen LogP contribution is -2.11. The third kappa shape index (κ3) is 2.40. The Morgan fingerprint density at radius 2 is 1.70 bits per heavy atom. The molecule has 0 fully saturated rings. The molecule has 102 valence electrons. The highest BCUT2D eigenvalue weighted by molar-refractivity contribution is 6.15. The number of hydrogen-bond acceptors (Lipinski definition) is 3. The molecule has 0 saturated heterocycles. The van der Waals surface area contributed by atoms with Crippen molar-refractivity contribution in [3.05, 3.63) is 64.2 Å². The van der Waals surface area contributed by atoms with Gasteiger partial charge in [0.15, 0.2) is 5.78 Å². The van der Waals surface area contributed by atoms with Gasteiger partial charge >= 0.3 is 5.97 Å². The molecule has 0 radical (unpaired) electrons. The molecule has 2 rings (SSSR count). The lowest BCUT2D eigenvalue weighted by molar-refractivity contribution is 0.0689. The van der Waals surface area contributed by atoms with E-state index in [0.29, 0.717) is 5.56 Å². The van der Waals surface area contributed by atoms with Crippen LogP contribution in [0, 0.1) is 13.8 Å². The second kappa shape index (κ2) is 5.17. The topological polar surface area (TPSA) is 74.6 Å². The second-order valence-electron chi connectivity index (χ2n) is 4.65. The highest BCUT2D eigenvalue weighted by Crippen LogP contribution is 2.24. The number of carboxylic acids is 1. The fraction of sp³-hybridized carbons (Fsp3) is 0.125. The maximum absolute atomic E-state index is 12.5. The normalized spacial score (nSPS) is 10.3. The molecule has 2 N–H and O–H groups in total. The van der Waals surface area contributed by atoms with Crippen LogP contribution in [0.1, 0.15) is 37.4 Å². The van der Waals surface area contributed by atoms with Crippen LogP contribution in [0.3, 0.4) is 0 Å². The van der Waals surface area contributed by atoms with Crippen molar-refractivity contribution in [3.63, 3.8) is 0 Å². The van der Waals surface area contributed by atoms with Crippen molar-refractivity contribution in [2.45, 2.75) is 13.8 Å². The van der Waals surface area contributed by atoms with E-state index in [1.54, 1.807) is 19.1 Å². The van der Waals surface area contributed by atoms with E-state index < -0.39 is 17.5 Å². The summed E-state index contributed by atoms with van der Waals surface area (Å²) in [6.07, 6.45) is 0. The van der Waals surface area contributed by atoms with Crippen LogP contribution in [0.4, 0.5) is 0 Å². The van der Waals surface area contributed by atoms with Gasteiger partial charge < -0.3 is 10.2 Å². The van der Waals surface area contributed by atoms with Crippen LogP contribution >= 0.6 is 0 Å². The number of benzene rings is 2. The lowest BCUT2D eigenvalue weighted by atomic mass is 9.94. The first-order valence-electron chi connectivity index (χ1n) is 6.09. The molecule has 4 heteroatoms. The summed E-state index contributed by atoms with van der Waals surface area (Å²) < 4.78 is 0. The van der Waals surface area contributed by atoms with Gasteiger partial charge in [0.1, 0.15) is 11.3 Å². The van der Waals surface area contributed by atoms with Crippen LogP contribution < -0.4 is 0 Å². The summed E-state index contributed by atoms with van der Waals surface area (Å²) in [4.78, 5) is 23.7. The van der Waals surface area contributed by atoms with Crippen molar-refractivity contribution in [2.75, 3.05) is 0 Å². The Morgan fingerprint density at radius 1 is 1.00 bits per heavy atom. The average Bonchev–Trinajstić information content (AvgIpc) is 2.37. The molecule has 4 nitrogen and oxygen atoms in total. The molecule has 0 heterocycles. The van der Waals surface area contributed by atoms with Crippen molar-refractivity contribution in [1.29, 1.82) is 0 Å². The number of carbonyl (C=O) groups excluding carboxylic acids is 1. The van der Waals surface area contributed by atoms with Gasteiger partial charge in [-0.05, 0) is 31.5 Å². The zero-order chi connectivity index (χ0) is 14.9. The summed E-state index contributed by atoms with van der Waals surface area (Å²) in [5, 5.41) is 18.8. The first-order valence-corrected chi connectivity index (χ1v) is 6.09. The first kappa shape index (κ1) is 13.8. The van der Waals surface area contributed by atoms with E-state index in [1.807, 2.05) is 13.0 Å². The Labute approximate surface area is 116 Å². The van der Waals surface area contributed by atoms with Crippen LogP contribution in [0.25, 0.3) is 0 Å². The Hall–Kier alpha value is -2.62. The Kier molecular flexibility index (Phi) is 3.57. The smallest absolute Gasteiger partial charge is 0.340 e. The zero-order valence-electron chi connectivity index (χ0n) is 11.2.